The van der Waals surface area contributed by atoms with Gasteiger partial charge in [-0.3, -0.25) is 0 Å². The molecule has 1 aromatic heterocycles. The quantitative estimate of drug-likeness (QED) is 0.679. The van der Waals surface area contributed by atoms with Crippen molar-refractivity contribution in [2.24, 2.45) is 0 Å². The monoisotopic (exact) mass is 361 g/mol. The lowest BCUT2D eigenvalue weighted by molar-refractivity contribution is 0.116. The Morgan fingerprint density at radius 2 is 1.62 bits per heavy atom. The largest absolute Gasteiger partial charge is 0.497 e. The summed E-state index contributed by atoms with van der Waals surface area (Å²) < 4.78 is 41.9. The van der Waals surface area contributed by atoms with E-state index in [4.69, 9.17) is 19.0 Å². The molecule has 1 heterocycles. The number of benzene rings is 2. The predicted molar refractivity (Wildman–Crippen MR) is 91.5 cm³/mol. The standard InChI is InChI=1S/C19H17F2NO4/c1-24-14-6-4-13(5-7-14)17-16(22-19(26-17)18(20)21)12-2-8-15(9-3-12)25-11-10-23/h2-9,18,23H,10-11H2,1H3. The number of hydrogen-bond acceptors (Lipinski definition) is 5. The highest BCUT2D eigenvalue weighted by atomic mass is 19.3. The van der Waals surface area contributed by atoms with E-state index in [0.29, 0.717) is 28.3 Å². The van der Waals surface area contributed by atoms with Gasteiger partial charge in [0.25, 0.3) is 5.89 Å². The number of oxazole rings is 1. The van der Waals surface area contributed by atoms with Crippen molar-refractivity contribution in [2.45, 2.75) is 6.43 Å². The van der Waals surface area contributed by atoms with Gasteiger partial charge in [-0.05, 0) is 48.5 Å². The van der Waals surface area contributed by atoms with Crippen LogP contribution in [-0.4, -0.2) is 30.4 Å². The number of methoxy groups -OCH3 is 1. The molecule has 5 nitrogen and oxygen atoms in total. The number of nitrogens with zero attached hydrogens (tertiary/aromatic N) is 1. The molecule has 0 saturated heterocycles. The molecule has 0 spiro atoms. The van der Waals surface area contributed by atoms with Gasteiger partial charge < -0.3 is 19.0 Å². The van der Waals surface area contributed by atoms with Gasteiger partial charge in [0.2, 0.25) is 0 Å². The average Bonchev–Trinajstić information content (AvgIpc) is 3.12. The average molecular weight is 361 g/mol. The first-order chi connectivity index (χ1) is 12.6. The van der Waals surface area contributed by atoms with E-state index in [1.165, 1.54) is 0 Å². The minimum atomic E-state index is -2.81. The van der Waals surface area contributed by atoms with Crippen LogP contribution in [0.3, 0.4) is 0 Å². The van der Waals surface area contributed by atoms with E-state index in [1.807, 2.05) is 0 Å². The second-order valence-corrected chi connectivity index (χ2v) is 5.36. The highest BCUT2D eigenvalue weighted by Crippen LogP contribution is 2.36. The third kappa shape index (κ3) is 3.83. The Labute approximate surface area is 148 Å². The number of rotatable bonds is 7. The van der Waals surface area contributed by atoms with Gasteiger partial charge in [0, 0.05) is 11.1 Å². The highest BCUT2D eigenvalue weighted by Gasteiger charge is 2.22. The van der Waals surface area contributed by atoms with E-state index in [2.05, 4.69) is 4.98 Å². The number of alkyl halides is 2. The minimum Gasteiger partial charge on any atom is -0.497 e. The van der Waals surface area contributed by atoms with Crippen LogP contribution < -0.4 is 9.47 Å². The van der Waals surface area contributed by atoms with E-state index < -0.39 is 12.3 Å². The van der Waals surface area contributed by atoms with Gasteiger partial charge in [-0.25, -0.2) is 4.98 Å². The summed E-state index contributed by atoms with van der Waals surface area (Å²) in [6.45, 7) is 0.0837. The number of hydrogen-bond donors (Lipinski definition) is 1. The predicted octanol–water partition coefficient (Wildman–Crippen LogP) is 4.33. The van der Waals surface area contributed by atoms with Crippen LogP contribution in [0, 0.1) is 0 Å². The van der Waals surface area contributed by atoms with E-state index >= 15 is 0 Å². The highest BCUT2D eigenvalue weighted by molar-refractivity contribution is 5.77. The van der Waals surface area contributed by atoms with E-state index in [1.54, 1.807) is 55.6 Å². The molecule has 0 bridgehead atoms. The molecular weight excluding hydrogens is 344 g/mol. The van der Waals surface area contributed by atoms with Crippen molar-refractivity contribution < 1.29 is 27.8 Å². The van der Waals surface area contributed by atoms with Gasteiger partial charge in [-0.1, -0.05) is 0 Å². The smallest absolute Gasteiger partial charge is 0.313 e. The van der Waals surface area contributed by atoms with Crippen molar-refractivity contribution in [1.82, 2.24) is 4.98 Å². The first-order valence-corrected chi connectivity index (χ1v) is 7.89. The topological polar surface area (TPSA) is 64.7 Å². The first-order valence-electron chi connectivity index (χ1n) is 7.89. The summed E-state index contributed by atoms with van der Waals surface area (Å²) in [4.78, 5) is 3.96. The Bertz CT molecular complexity index is 845. The van der Waals surface area contributed by atoms with Gasteiger partial charge in [0.15, 0.2) is 5.76 Å². The molecular formula is C19H17F2NO4. The minimum absolute atomic E-state index is 0.0929. The molecule has 3 aromatic rings. The SMILES string of the molecule is COc1ccc(-c2oc(C(F)F)nc2-c2ccc(OCCO)cc2)cc1. The summed E-state index contributed by atoms with van der Waals surface area (Å²) >= 11 is 0. The number of ether oxygens (including phenoxy) is 2. The molecule has 0 atom stereocenters. The summed E-state index contributed by atoms with van der Waals surface area (Å²) in [7, 11) is 1.55. The molecule has 3 rings (SSSR count). The van der Waals surface area contributed by atoms with Crippen molar-refractivity contribution >= 4 is 0 Å². The molecule has 7 heteroatoms. The molecule has 0 saturated carbocycles. The Morgan fingerprint density at radius 3 is 2.19 bits per heavy atom. The van der Waals surface area contributed by atoms with Crippen molar-refractivity contribution in [3.05, 3.63) is 54.4 Å². The van der Waals surface area contributed by atoms with Crippen LogP contribution >= 0.6 is 0 Å². The summed E-state index contributed by atoms with van der Waals surface area (Å²) in [6, 6.07) is 13.6. The maximum atomic E-state index is 13.1. The van der Waals surface area contributed by atoms with Gasteiger partial charge in [0.05, 0.1) is 13.7 Å². The summed E-state index contributed by atoms with van der Waals surface area (Å²) in [5.41, 5.74) is 1.54. The molecule has 0 aliphatic rings. The van der Waals surface area contributed by atoms with Crippen molar-refractivity contribution in [3.8, 4) is 34.1 Å². The number of aliphatic hydroxyl groups excluding tert-OH is 1. The second kappa shape index (κ2) is 7.97. The number of aromatic nitrogens is 1. The normalized spacial score (nSPS) is 11.0. The summed E-state index contributed by atoms with van der Waals surface area (Å²) in [5, 5.41) is 8.79. The van der Waals surface area contributed by atoms with E-state index in [9.17, 15) is 8.78 Å². The molecule has 136 valence electrons. The van der Waals surface area contributed by atoms with Gasteiger partial charge in [-0.15, -0.1) is 0 Å². The lowest BCUT2D eigenvalue weighted by Gasteiger charge is -2.06. The fourth-order valence-corrected chi connectivity index (χ4v) is 2.44. The first kappa shape index (κ1) is 17.9. The lowest BCUT2D eigenvalue weighted by Crippen LogP contribution is -2.01. The van der Waals surface area contributed by atoms with Crippen molar-refractivity contribution in [2.75, 3.05) is 20.3 Å². The number of aliphatic hydroxyl groups is 1. The van der Waals surface area contributed by atoms with Crippen LogP contribution in [0.5, 0.6) is 11.5 Å². The molecule has 2 aromatic carbocycles. The number of halogens is 2. The van der Waals surface area contributed by atoms with Crippen LogP contribution in [0.4, 0.5) is 8.78 Å². The lowest BCUT2D eigenvalue weighted by atomic mass is 10.1. The van der Waals surface area contributed by atoms with E-state index in [0.717, 1.165) is 0 Å². The molecule has 1 N–H and O–H groups in total. The molecule has 0 fully saturated rings. The fraction of sp³-hybridized carbons (Fsp3) is 0.211. The maximum absolute atomic E-state index is 13.1. The van der Waals surface area contributed by atoms with Crippen LogP contribution in [-0.2, 0) is 0 Å². The summed E-state index contributed by atoms with van der Waals surface area (Å²) in [5.74, 6) is 0.832. The van der Waals surface area contributed by atoms with Crippen LogP contribution in [0.1, 0.15) is 12.3 Å². The van der Waals surface area contributed by atoms with Crippen LogP contribution in [0.2, 0.25) is 0 Å². The fourth-order valence-electron chi connectivity index (χ4n) is 2.44. The Hall–Kier alpha value is -2.93. The van der Waals surface area contributed by atoms with Crippen LogP contribution in [0.15, 0.2) is 52.9 Å². The van der Waals surface area contributed by atoms with Crippen molar-refractivity contribution in [3.63, 3.8) is 0 Å². The molecule has 0 radical (unpaired) electrons. The Balaban J connectivity index is 1.99. The molecule has 0 aliphatic carbocycles. The molecule has 0 amide bonds. The van der Waals surface area contributed by atoms with Crippen molar-refractivity contribution in [1.29, 1.82) is 0 Å². The molecule has 0 aliphatic heterocycles. The third-order valence-electron chi connectivity index (χ3n) is 3.67. The third-order valence-corrected chi connectivity index (χ3v) is 3.67. The molecule has 26 heavy (non-hydrogen) atoms. The van der Waals surface area contributed by atoms with Gasteiger partial charge in [-0.2, -0.15) is 8.78 Å². The molecule has 0 unspecified atom stereocenters. The van der Waals surface area contributed by atoms with Crippen LogP contribution in [0.25, 0.3) is 22.6 Å². The zero-order valence-electron chi connectivity index (χ0n) is 14.0. The Kier molecular flexibility index (Phi) is 5.48. The maximum Gasteiger partial charge on any atom is 0.313 e. The van der Waals surface area contributed by atoms with Gasteiger partial charge in [0.1, 0.15) is 23.8 Å². The second-order valence-electron chi connectivity index (χ2n) is 5.36. The Morgan fingerprint density at radius 1 is 1.00 bits per heavy atom. The summed E-state index contributed by atoms with van der Waals surface area (Å²) in [6.07, 6.45) is -2.81. The zero-order valence-corrected chi connectivity index (χ0v) is 14.0. The van der Waals surface area contributed by atoms with Gasteiger partial charge >= 0.3 is 6.43 Å². The zero-order chi connectivity index (χ0) is 18.5. The van der Waals surface area contributed by atoms with E-state index in [-0.39, 0.29) is 19.0 Å².